The van der Waals surface area contributed by atoms with Crippen LogP contribution < -0.4 is 5.32 Å². The predicted octanol–water partition coefficient (Wildman–Crippen LogP) is 4.51. The number of hydrogen-bond acceptors (Lipinski definition) is 3. The summed E-state index contributed by atoms with van der Waals surface area (Å²) >= 11 is 1.54. The Morgan fingerprint density at radius 1 is 1.29 bits per heavy atom. The molecule has 0 aliphatic heterocycles. The third kappa shape index (κ3) is 2.83. The summed E-state index contributed by atoms with van der Waals surface area (Å²) in [5.41, 5.74) is 4.66. The molecule has 0 fully saturated rings. The zero-order chi connectivity index (χ0) is 14.8. The number of thiophene rings is 1. The fraction of sp³-hybridized carbons (Fsp3) is 0.188. The van der Waals surface area contributed by atoms with Crippen LogP contribution in [0.2, 0.25) is 0 Å². The molecule has 5 heteroatoms. The lowest BCUT2D eigenvalue weighted by Crippen LogP contribution is -2.01. The minimum absolute atomic E-state index is 0.183. The first-order chi connectivity index (χ1) is 10.1. The van der Waals surface area contributed by atoms with E-state index in [1.165, 1.54) is 6.07 Å². The van der Waals surface area contributed by atoms with E-state index in [2.05, 4.69) is 15.5 Å². The number of benzene rings is 1. The highest BCUT2D eigenvalue weighted by atomic mass is 32.1. The lowest BCUT2D eigenvalue weighted by atomic mass is 10.1. The van der Waals surface area contributed by atoms with Crippen molar-refractivity contribution in [3.8, 4) is 10.4 Å². The molecule has 21 heavy (non-hydrogen) atoms. The largest absolute Gasteiger partial charge is 0.378 e. The Kier molecular flexibility index (Phi) is 3.75. The number of aromatic nitrogens is 2. The standard InChI is InChI=1S/C16H16FN3S/c1-10-16(11(2)20-19-10)18-9-12-5-6-14(17)13(8-12)15-4-3-7-21-15/h3-8,18H,9H2,1-2H3,(H,19,20). The van der Waals surface area contributed by atoms with Crippen molar-refractivity contribution in [1.29, 1.82) is 0 Å². The molecule has 0 atom stereocenters. The van der Waals surface area contributed by atoms with Crippen LogP contribution in [0.4, 0.5) is 10.1 Å². The van der Waals surface area contributed by atoms with Gasteiger partial charge in [0, 0.05) is 17.0 Å². The van der Waals surface area contributed by atoms with Gasteiger partial charge in [0.2, 0.25) is 0 Å². The van der Waals surface area contributed by atoms with Crippen molar-refractivity contribution in [2.75, 3.05) is 5.32 Å². The first kappa shape index (κ1) is 13.8. The summed E-state index contributed by atoms with van der Waals surface area (Å²) in [7, 11) is 0. The molecule has 2 aromatic heterocycles. The van der Waals surface area contributed by atoms with E-state index in [-0.39, 0.29) is 5.82 Å². The second kappa shape index (κ2) is 5.69. The molecule has 3 rings (SSSR count). The predicted molar refractivity (Wildman–Crippen MR) is 85.1 cm³/mol. The summed E-state index contributed by atoms with van der Waals surface area (Å²) in [6, 6.07) is 9.11. The number of hydrogen-bond donors (Lipinski definition) is 2. The fourth-order valence-electron chi connectivity index (χ4n) is 2.30. The summed E-state index contributed by atoms with van der Waals surface area (Å²) in [5.74, 6) is -0.183. The Balaban J connectivity index is 1.82. The molecule has 0 radical (unpaired) electrons. The molecule has 2 N–H and O–H groups in total. The van der Waals surface area contributed by atoms with Gasteiger partial charge < -0.3 is 5.32 Å². The van der Waals surface area contributed by atoms with Gasteiger partial charge in [-0.05, 0) is 43.0 Å². The molecular weight excluding hydrogens is 285 g/mol. The van der Waals surface area contributed by atoms with Gasteiger partial charge in [-0.15, -0.1) is 11.3 Å². The quantitative estimate of drug-likeness (QED) is 0.744. The average Bonchev–Trinajstić information content (AvgIpc) is 3.10. The van der Waals surface area contributed by atoms with Gasteiger partial charge in [-0.25, -0.2) is 4.39 Å². The molecule has 2 heterocycles. The van der Waals surface area contributed by atoms with Gasteiger partial charge in [0.15, 0.2) is 0 Å². The van der Waals surface area contributed by atoms with Gasteiger partial charge >= 0.3 is 0 Å². The van der Waals surface area contributed by atoms with Crippen LogP contribution in [0.3, 0.4) is 0 Å². The molecule has 0 unspecified atom stereocenters. The zero-order valence-corrected chi connectivity index (χ0v) is 12.7. The van der Waals surface area contributed by atoms with Crippen LogP contribution in [0.1, 0.15) is 17.0 Å². The number of nitrogens with zero attached hydrogens (tertiary/aromatic N) is 1. The maximum absolute atomic E-state index is 13.9. The minimum Gasteiger partial charge on any atom is -0.378 e. The van der Waals surface area contributed by atoms with Crippen molar-refractivity contribution in [3.05, 3.63) is 58.5 Å². The lowest BCUT2D eigenvalue weighted by molar-refractivity contribution is 0.631. The smallest absolute Gasteiger partial charge is 0.131 e. The molecule has 0 spiro atoms. The number of anilines is 1. The molecule has 0 aliphatic carbocycles. The van der Waals surface area contributed by atoms with E-state index in [1.807, 2.05) is 43.5 Å². The number of aromatic amines is 1. The Bertz CT molecular complexity index is 727. The van der Waals surface area contributed by atoms with Crippen molar-refractivity contribution in [1.82, 2.24) is 10.2 Å². The van der Waals surface area contributed by atoms with Crippen LogP contribution in [0, 0.1) is 19.7 Å². The van der Waals surface area contributed by atoms with Crippen molar-refractivity contribution >= 4 is 17.0 Å². The highest BCUT2D eigenvalue weighted by Gasteiger charge is 2.09. The van der Waals surface area contributed by atoms with Crippen LogP contribution in [0.5, 0.6) is 0 Å². The third-order valence-corrected chi connectivity index (χ3v) is 4.32. The van der Waals surface area contributed by atoms with Crippen LogP contribution in [-0.2, 0) is 6.54 Å². The molecule has 0 saturated carbocycles. The molecule has 0 aliphatic rings. The van der Waals surface area contributed by atoms with Gasteiger partial charge in [0.05, 0.1) is 17.1 Å². The molecule has 0 bridgehead atoms. The topological polar surface area (TPSA) is 40.7 Å². The van der Waals surface area contributed by atoms with Crippen LogP contribution in [0.25, 0.3) is 10.4 Å². The number of H-pyrrole nitrogens is 1. The van der Waals surface area contributed by atoms with Gasteiger partial charge in [-0.2, -0.15) is 5.10 Å². The Labute approximate surface area is 126 Å². The molecule has 3 nitrogen and oxygen atoms in total. The lowest BCUT2D eigenvalue weighted by Gasteiger charge is -2.09. The monoisotopic (exact) mass is 301 g/mol. The van der Waals surface area contributed by atoms with E-state index in [0.717, 1.165) is 27.5 Å². The average molecular weight is 301 g/mol. The van der Waals surface area contributed by atoms with Crippen molar-refractivity contribution in [2.24, 2.45) is 0 Å². The molecule has 3 aromatic rings. The van der Waals surface area contributed by atoms with Gasteiger partial charge in [0.25, 0.3) is 0 Å². The molecule has 0 amide bonds. The molecule has 108 valence electrons. The fourth-order valence-corrected chi connectivity index (χ4v) is 3.05. The van der Waals surface area contributed by atoms with Crippen LogP contribution in [-0.4, -0.2) is 10.2 Å². The second-order valence-corrected chi connectivity index (χ2v) is 5.90. The summed E-state index contributed by atoms with van der Waals surface area (Å²) in [4.78, 5) is 0.949. The van der Waals surface area contributed by atoms with Crippen molar-refractivity contribution < 1.29 is 4.39 Å². The molecular formula is C16H16FN3S. The minimum atomic E-state index is -0.183. The van der Waals surface area contributed by atoms with E-state index >= 15 is 0 Å². The van der Waals surface area contributed by atoms with E-state index in [1.54, 1.807) is 11.3 Å². The molecule has 0 saturated heterocycles. The maximum Gasteiger partial charge on any atom is 0.131 e. The van der Waals surface area contributed by atoms with Crippen molar-refractivity contribution in [2.45, 2.75) is 20.4 Å². The summed E-state index contributed by atoms with van der Waals surface area (Å²) in [6.07, 6.45) is 0. The van der Waals surface area contributed by atoms with E-state index < -0.39 is 0 Å². The number of halogens is 1. The highest BCUT2D eigenvalue weighted by Crippen LogP contribution is 2.28. The highest BCUT2D eigenvalue weighted by molar-refractivity contribution is 7.13. The van der Waals surface area contributed by atoms with Crippen LogP contribution in [0.15, 0.2) is 35.7 Å². The Hall–Kier alpha value is -2.14. The number of aryl methyl sites for hydroxylation is 2. The SMILES string of the molecule is Cc1n[nH]c(C)c1NCc1ccc(F)c(-c2cccs2)c1. The van der Waals surface area contributed by atoms with Crippen molar-refractivity contribution in [3.63, 3.8) is 0 Å². The maximum atomic E-state index is 13.9. The Morgan fingerprint density at radius 2 is 2.14 bits per heavy atom. The van der Waals surface area contributed by atoms with Crippen LogP contribution >= 0.6 is 11.3 Å². The first-order valence-electron chi connectivity index (χ1n) is 6.73. The summed E-state index contributed by atoms with van der Waals surface area (Å²) < 4.78 is 13.9. The number of nitrogens with one attached hydrogen (secondary N) is 2. The van der Waals surface area contributed by atoms with E-state index in [4.69, 9.17) is 0 Å². The second-order valence-electron chi connectivity index (χ2n) is 4.95. The summed E-state index contributed by atoms with van der Waals surface area (Å²) in [5, 5.41) is 12.4. The summed E-state index contributed by atoms with van der Waals surface area (Å²) in [6.45, 7) is 4.57. The first-order valence-corrected chi connectivity index (χ1v) is 7.61. The van der Waals surface area contributed by atoms with E-state index in [0.29, 0.717) is 12.1 Å². The third-order valence-electron chi connectivity index (χ3n) is 3.41. The zero-order valence-electron chi connectivity index (χ0n) is 11.9. The van der Waals surface area contributed by atoms with Gasteiger partial charge in [0.1, 0.15) is 5.82 Å². The number of rotatable bonds is 4. The normalized spacial score (nSPS) is 10.8. The Morgan fingerprint density at radius 3 is 2.81 bits per heavy atom. The van der Waals surface area contributed by atoms with E-state index in [9.17, 15) is 4.39 Å². The molecule has 1 aromatic carbocycles. The van der Waals surface area contributed by atoms with Gasteiger partial charge in [-0.1, -0.05) is 12.1 Å². The van der Waals surface area contributed by atoms with Gasteiger partial charge in [-0.3, -0.25) is 5.10 Å².